The van der Waals surface area contributed by atoms with Crippen LogP contribution in [-0.2, 0) is 26.1 Å². The zero-order valence-corrected chi connectivity index (χ0v) is 19.6. The maximum atomic E-state index is 13.1. The van der Waals surface area contributed by atoms with E-state index in [9.17, 15) is 26.4 Å². The van der Waals surface area contributed by atoms with Crippen LogP contribution in [0.1, 0.15) is 26.3 Å². The molecule has 0 aliphatic rings. The van der Waals surface area contributed by atoms with Gasteiger partial charge in [0, 0.05) is 10.4 Å². The average molecular weight is 499 g/mol. The number of carbonyl (C=O) groups is 1. The van der Waals surface area contributed by atoms with Gasteiger partial charge < -0.3 is 8.92 Å². The molecule has 0 saturated heterocycles. The van der Waals surface area contributed by atoms with Gasteiger partial charge in [-0.3, -0.25) is 4.79 Å². The van der Waals surface area contributed by atoms with Crippen LogP contribution in [0.15, 0.2) is 60.7 Å². The van der Waals surface area contributed by atoms with Gasteiger partial charge in [0.2, 0.25) is 5.06 Å². The molecule has 0 atom stereocenters. The van der Waals surface area contributed by atoms with Gasteiger partial charge in [0.25, 0.3) is 0 Å². The van der Waals surface area contributed by atoms with Crippen LogP contribution in [0.5, 0.6) is 5.06 Å². The zero-order chi connectivity index (χ0) is 24.4. The molecule has 0 unspecified atom stereocenters. The predicted molar refractivity (Wildman–Crippen MR) is 120 cm³/mol. The van der Waals surface area contributed by atoms with Crippen molar-refractivity contribution in [2.75, 3.05) is 0 Å². The fraction of sp³-hybridized carbons (Fsp3) is 0.261. The topological polar surface area (TPSA) is 69.7 Å². The Bertz CT molecular complexity index is 1230. The number of halogens is 3. The smallest absolute Gasteiger partial charge is 0.460 e. The van der Waals surface area contributed by atoms with E-state index in [1.807, 2.05) is 0 Å². The van der Waals surface area contributed by atoms with Gasteiger partial charge in [-0.15, -0.1) is 0 Å². The minimum Gasteiger partial charge on any atom is -0.460 e. The molecule has 176 valence electrons. The monoisotopic (exact) mass is 498 g/mol. The molecule has 0 aliphatic carbocycles. The van der Waals surface area contributed by atoms with Gasteiger partial charge >= 0.3 is 21.6 Å². The normalized spacial score (nSPS) is 12.4. The highest BCUT2D eigenvalue weighted by atomic mass is 32.2. The number of alkyl halides is 3. The van der Waals surface area contributed by atoms with E-state index in [1.54, 1.807) is 81.4 Å². The van der Waals surface area contributed by atoms with Crippen molar-refractivity contribution in [3.63, 3.8) is 0 Å². The molecule has 0 fully saturated rings. The second kappa shape index (κ2) is 9.18. The number of carbonyl (C=O) groups excluding carboxylic acids is 1. The van der Waals surface area contributed by atoms with E-state index >= 15 is 0 Å². The fourth-order valence-electron chi connectivity index (χ4n) is 3.06. The van der Waals surface area contributed by atoms with Crippen LogP contribution in [0.3, 0.4) is 0 Å². The minimum absolute atomic E-state index is 0.0955. The Morgan fingerprint density at radius 1 is 0.909 bits per heavy atom. The molecule has 0 radical (unpaired) electrons. The highest BCUT2D eigenvalue weighted by Gasteiger charge is 2.49. The number of rotatable bonds is 6. The quantitative estimate of drug-likeness (QED) is 0.230. The van der Waals surface area contributed by atoms with Crippen molar-refractivity contribution >= 4 is 27.4 Å². The van der Waals surface area contributed by atoms with Gasteiger partial charge in [-0.25, -0.2) is 0 Å². The Labute approximate surface area is 193 Å². The lowest BCUT2D eigenvalue weighted by molar-refractivity contribution is -0.153. The zero-order valence-electron chi connectivity index (χ0n) is 18.0. The molecular formula is C23H21F3O5S2. The molecule has 0 spiro atoms. The summed E-state index contributed by atoms with van der Waals surface area (Å²) in [5, 5.41) is -0.476. The molecule has 3 aromatic rings. The summed E-state index contributed by atoms with van der Waals surface area (Å²) in [7, 11) is -5.93. The lowest BCUT2D eigenvalue weighted by atomic mass is 9.97. The molecule has 33 heavy (non-hydrogen) atoms. The molecule has 0 bridgehead atoms. The van der Waals surface area contributed by atoms with Crippen LogP contribution in [0.2, 0.25) is 0 Å². The largest absolute Gasteiger partial charge is 0.534 e. The van der Waals surface area contributed by atoms with Gasteiger partial charge in [-0.1, -0.05) is 72.0 Å². The summed E-state index contributed by atoms with van der Waals surface area (Å²) in [4.78, 5) is 13.1. The lowest BCUT2D eigenvalue weighted by Gasteiger charge is -2.20. The summed E-state index contributed by atoms with van der Waals surface area (Å²) in [6.07, 6.45) is -0.294. The Morgan fingerprint density at radius 3 is 1.91 bits per heavy atom. The van der Waals surface area contributed by atoms with E-state index in [4.69, 9.17) is 4.74 Å². The molecule has 0 saturated carbocycles. The van der Waals surface area contributed by atoms with E-state index in [0.29, 0.717) is 21.6 Å². The van der Waals surface area contributed by atoms with E-state index in [2.05, 4.69) is 4.18 Å². The van der Waals surface area contributed by atoms with Crippen molar-refractivity contribution in [3.8, 4) is 26.6 Å². The van der Waals surface area contributed by atoms with E-state index in [-0.39, 0.29) is 12.0 Å². The predicted octanol–water partition coefficient (Wildman–Crippen LogP) is 6.19. The van der Waals surface area contributed by atoms with Crippen molar-refractivity contribution < 1.29 is 35.3 Å². The molecule has 2 aromatic carbocycles. The van der Waals surface area contributed by atoms with Gasteiger partial charge in [-0.05, 0) is 37.5 Å². The fourth-order valence-corrected chi connectivity index (χ4v) is 4.92. The first-order valence-electron chi connectivity index (χ1n) is 9.77. The van der Waals surface area contributed by atoms with Crippen LogP contribution in [0.25, 0.3) is 21.6 Å². The number of thiophene rings is 1. The van der Waals surface area contributed by atoms with Gasteiger partial charge in [0.15, 0.2) is 0 Å². The third kappa shape index (κ3) is 5.94. The Morgan fingerprint density at radius 2 is 1.42 bits per heavy atom. The van der Waals surface area contributed by atoms with Crippen LogP contribution < -0.4 is 4.18 Å². The first-order chi connectivity index (χ1) is 15.3. The summed E-state index contributed by atoms with van der Waals surface area (Å²) < 4.78 is 73.0. The second-order valence-electron chi connectivity index (χ2n) is 8.05. The maximum Gasteiger partial charge on any atom is 0.534 e. The summed E-state index contributed by atoms with van der Waals surface area (Å²) in [6, 6.07) is 16.8. The number of esters is 1. The number of hydrogen-bond donors (Lipinski definition) is 0. The third-order valence-corrected chi connectivity index (χ3v) is 6.50. The SMILES string of the molecule is CC(C)(C)OC(=O)Cc1c(-c2ccccc2)sc(OS(=O)(=O)C(F)(F)F)c1-c1ccccc1. The maximum absolute atomic E-state index is 13.1. The van der Waals surface area contributed by atoms with Gasteiger partial charge in [0.1, 0.15) is 5.60 Å². The highest BCUT2D eigenvalue weighted by Crippen LogP contribution is 2.49. The van der Waals surface area contributed by atoms with Crippen LogP contribution in [0, 0.1) is 0 Å². The Kier molecular flexibility index (Phi) is 6.90. The first-order valence-corrected chi connectivity index (χ1v) is 12.0. The van der Waals surface area contributed by atoms with Gasteiger partial charge in [0.05, 0.1) is 6.42 Å². The summed E-state index contributed by atoms with van der Waals surface area (Å²) >= 11 is 0.728. The summed E-state index contributed by atoms with van der Waals surface area (Å²) in [6.45, 7) is 5.08. The molecular weight excluding hydrogens is 477 g/mol. The summed E-state index contributed by atoms with van der Waals surface area (Å²) in [5.74, 6) is -0.611. The van der Waals surface area contributed by atoms with Crippen molar-refractivity contribution in [2.45, 2.75) is 38.3 Å². The number of hydrogen-bond acceptors (Lipinski definition) is 6. The molecule has 0 N–H and O–H groups in total. The van der Waals surface area contributed by atoms with Gasteiger partial charge in [-0.2, -0.15) is 21.6 Å². The summed E-state index contributed by atoms with van der Waals surface area (Å²) in [5.41, 5.74) is -4.98. The van der Waals surface area contributed by atoms with E-state index < -0.39 is 32.3 Å². The molecule has 1 heterocycles. The number of benzene rings is 2. The average Bonchev–Trinajstić information content (AvgIpc) is 3.04. The molecule has 1 aromatic heterocycles. The lowest BCUT2D eigenvalue weighted by Crippen LogP contribution is -2.28. The van der Waals surface area contributed by atoms with E-state index in [0.717, 1.165) is 11.3 Å². The van der Waals surface area contributed by atoms with Crippen molar-refractivity contribution in [1.29, 1.82) is 0 Å². The first kappa shape index (κ1) is 24.8. The highest BCUT2D eigenvalue weighted by molar-refractivity contribution is 7.88. The van der Waals surface area contributed by atoms with E-state index in [1.165, 1.54) is 0 Å². The van der Waals surface area contributed by atoms with Crippen molar-refractivity contribution in [3.05, 3.63) is 66.2 Å². The third-order valence-electron chi connectivity index (χ3n) is 4.28. The standard InChI is InChI=1S/C23H21F3O5S2/c1-22(2,3)30-18(27)14-17-19(15-10-6-4-7-11-15)21(31-33(28,29)23(24,25)26)32-20(17)16-12-8-5-9-13-16/h4-13H,14H2,1-3H3. The van der Waals surface area contributed by atoms with Crippen molar-refractivity contribution in [1.82, 2.24) is 0 Å². The Balaban J connectivity index is 2.25. The molecule has 5 nitrogen and oxygen atoms in total. The molecule has 0 aliphatic heterocycles. The van der Waals surface area contributed by atoms with Crippen LogP contribution in [0.4, 0.5) is 13.2 Å². The van der Waals surface area contributed by atoms with Crippen LogP contribution in [-0.4, -0.2) is 25.5 Å². The number of ether oxygens (including phenoxy) is 1. The Hall–Kier alpha value is -2.85. The molecule has 10 heteroatoms. The molecule has 3 rings (SSSR count). The second-order valence-corrected chi connectivity index (χ2v) is 10.6. The van der Waals surface area contributed by atoms with Crippen molar-refractivity contribution in [2.24, 2.45) is 0 Å². The minimum atomic E-state index is -5.93. The molecule has 0 amide bonds. The van der Waals surface area contributed by atoms with Crippen LogP contribution >= 0.6 is 11.3 Å².